The smallest absolute Gasteiger partial charge is 0.354 e. The summed E-state index contributed by atoms with van der Waals surface area (Å²) in [6, 6.07) is 14.6. The number of benzene rings is 2. The quantitative estimate of drug-likeness (QED) is 0.190. The average molecular weight is 706 g/mol. The van der Waals surface area contributed by atoms with Gasteiger partial charge in [0.1, 0.15) is 16.6 Å². The third-order valence-corrected chi connectivity index (χ3v) is 9.42. The normalized spacial score (nSPS) is 13.2. The van der Waals surface area contributed by atoms with Crippen LogP contribution in [0.1, 0.15) is 24.2 Å². The fourth-order valence-electron chi connectivity index (χ4n) is 6.66. The van der Waals surface area contributed by atoms with E-state index in [4.69, 9.17) is 37.6 Å². The van der Waals surface area contributed by atoms with Crippen LogP contribution >= 0.6 is 23.2 Å². The van der Waals surface area contributed by atoms with Gasteiger partial charge in [-0.2, -0.15) is 9.97 Å². The number of aryl methyl sites for hydroxylation is 3. The molecule has 1 aliphatic carbocycles. The lowest BCUT2D eigenvalue weighted by molar-refractivity contribution is 0.664. The number of nitrogens with zero attached hydrogens (tertiary/aromatic N) is 8. The Labute approximate surface area is 292 Å². The predicted octanol–water partition coefficient (Wildman–Crippen LogP) is 6.75. The highest BCUT2D eigenvalue weighted by molar-refractivity contribution is 6.32. The third kappa shape index (κ3) is 4.72. The summed E-state index contributed by atoms with van der Waals surface area (Å²) < 4.78 is 11.2. The molecule has 1 fully saturated rings. The lowest BCUT2D eigenvalue weighted by Crippen LogP contribution is -2.26. The molecule has 6 heterocycles. The first-order valence-electron chi connectivity index (χ1n) is 15.8. The molecule has 50 heavy (non-hydrogen) atoms. The number of aromatic nitrogens is 8. The van der Waals surface area contributed by atoms with Crippen LogP contribution in [-0.2, 0) is 7.05 Å². The molecule has 0 unspecified atom stereocenters. The molecule has 8 aromatic rings. The zero-order chi connectivity index (χ0) is 34.4. The van der Waals surface area contributed by atoms with E-state index in [0.717, 1.165) is 23.7 Å². The lowest BCUT2D eigenvalue weighted by atomic mass is 10.2. The fraction of sp³-hybridized carbons (Fsp3) is 0.171. The Morgan fingerprint density at radius 3 is 2.24 bits per heavy atom. The maximum Gasteiger partial charge on any atom is 0.354 e. The summed E-state index contributed by atoms with van der Waals surface area (Å²) >= 11 is 12.9. The van der Waals surface area contributed by atoms with Gasteiger partial charge < -0.3 is 19.6 Å². The average Bonchev–Trinajstić information content (AvgIpc) is 3.76. The maximum absolute atomic E-state index is 13.8. The van der Waals surface area contributed by atoms with Crippen molar-refractivity contribution in [2.75, 3.05) is 10.6 Å². The minimum Gasteiger partial charge on any atom is -0.450 e. The van der Waals surface area contributed by atoms with E-state index in [1.807, 2.05) is 23.7 Å². The molecule has 9 rings (SSSR count). The second kappa shape index (κ2) is 11.1. The van der Waals surface area contributed by atoms with Gasteiger partial charge in [-0.1, -0.05) is 23.2 Å². The van der Waals surface area contributed by atoms with E-state index in [2.05, 4.69) is 25.6 Å². The molecule has 0 spiro atoms. The van der Waals surface area contributed by atoms with Crippen LogP contribution in [0.4, 0.5) is 17.6 Å². The molecule has 1 aliphatic rings. The molecule has 2 N–H and O–H groups in total. The summed E-state index contributed by atoms with van der Waals surface area (Å²) in [7, 11) is 1.89. The van der Waals surface area contributed by atoms with E-state index in [1.165, 1.54) is 9.13 Å². The van der Waals surface area contributed by atoms with Crippen molar-refractivity contribution in [3.63, 3.8) is 0 Å². The largest absolute Gasteiger partial charge is 0.450 e. The number of rotatable bonds is 6. The molecule has 0 saturated heterocycles. The van der Waals surface area contributed by atoms with Crippen molar-refractivity contribution < 1.29 is 4.42 Å². The van der Waals surface area contributed by atoms with Crippen molar-refractivity contribution in [1.82, 2.24) is 38.6 Å². The van der Waals surface area contributed by atoms with Crippen LogP contribution in [0.2, 0.25) is 10.0 Å². The number of pyridine rings is 1. The molecule has 2 aromatic carbocycles. The Morgan fingerprint density at radius 1 is 0.820 bits per heavy atom. The van der Waals surface area contributed by atoms with Crippen LogP contribution in [0.25, 0.3) is 55.4 Å². The molecule has 0 amide bonds. The Hall–Kier alpha value is -5.79. The van der Waals surface area contributed by atoms with Gasteiger partial charge in [-0.25, -0.2) is 19.6 Å². The van der Waals surface area contributed by atoms with Gasteiger partial charge in [-0.05, 0) is 75.2 Å². The second-order valence-electron chi connectivity index (χ2n) is 12.3. The molecular formula is C35H26Cl2N10O3. The van der Waals surface area contributed by atoms with Gasteiger partial charge in [-0.15, -0.1) is 0 Å². The number of anilines is 3. The first-order chi connectivity index (χ1) is 24.2. The summed E-state index contributed by atoms with van der Waals surface area (Å²) in [5, 5.41) is 8.96. The summed E-state index contributed by atoms with van der Waals surface area (Å²) in [5.41, 5.74) is 4.47. The highest BCUT2D eigenvalue weighted by atomic mass is 35.5. The highest BCUT2D eigenvalue weighted by Gasteiger charge is 2.28. The third-order valence-electron chi connectivity index (χ3n) is 8.95. The molecule has 15 heteroatoms. The second-order valence-corrected chi connectivity index (χ2v) is 13.2. The minimum absolute atomic E-state index is 0.184. The van der Waals surface area contributed by atoms with Gasteiger partial charge >= 0.3 is 11.4 Å². The number of nitrogens with one attached hydrogen (secondary N) is 2. The van der Waals surface area contributed by atoms with Gasteiger partial charge in [0, 0.05) is 40.1 Å². The Bertz CT molecular complexity index is 2810. The summed E-state index contributed by atoms with van der Waals surface area (Å²) in [4.78, 5) is 50.2. The summed E-state index contributed by atoms with van der Waals surface area (Å²) in [5.74, 6) is 0.820. The molecule has 1 saturated carbocycles. The van der Waals surface area contributed by atoms with Crippen molar-refractivity contribution in [2.45, 2.75) is 32.7 Å². The van der Waals surface area contributed by atoms with Crippen molar-refractivity contribution in [2.24, 2.45) is 7.05 Å². The zero-order valence-electron chi connectivity index (χ0n) is 26.8. The molecule has 0 atom stereocenters. The molecular weight excluding hydrogens is 679 g/mol. The van der Waals surface area contributed by atoms with E-state index >= 15 is 0 Å². The highest BCUT2D eigenvalue weighted by Crippen LogP contribution is 2.38. The molecule has 0 bridgehead atoms. The molecule has 0 radical (unpaired) electrons. The van der Waals surface area contributed by atoms with Gasteiger partial charge in [0.25, 0.3) is 0 Å². The zero-order valence-corrected chi connectivity index (χ0v) is 28.3. The monoisotopic (exact) mass is 704 g/mol. The molecule has 0 aliphatic heterocycles. The first-order valence-corrected chi connectivity index (χ1v) is 16.6. The van der Waals surface area contributed by atoms with Crippen LogP contribution in [0.3, 0.4) is 0 Å². The summed E-state index contributed by atoms with van der Waals surface area (Å²) in [6.07, 6.45) is 5.23. The van der Waals surface area contributed by atoms with E-state index in [9.17, 15) is 9.59 Å². The first kappa shape index (κ1) is 30.3. The van der Waals surface area contributed by atoms with Crippen molar-refractivity contribution in [3.05, 3.63) is 103 Å². The van der Waals surface area contributed by atoms with E-state index < -0.39 is 11.4 Å². The Balaban J connectivity index is 1.23. The van der Waals surface area contributed by atoms with Crippen LogP contribution in [-0.4, -0.2) is 44.7 Å². The molecule has 6 aromatic heterocycles. The predicted molar refractivity (Wildman–Crippen MR) is 194 cm³/mol. The standard InChI is InChI=1S/C35H26Cl2N10O3/c1-16-26(47-28-23-14-19(37)7-11-25(23)50-30(28)32(44-35(47)49)41-20-8-9-20)17(2)40-33(39-16)42-31-29-27(22-13-18(36)6-10-24(22)45(29)3)46(34(48)43-31)21-5-4-12-38-15-21/h4-7,10-15,20H,8-9H2,1-3H3,(H,41,44,49)(H,39,40,42,43,48). The number of halogens is 2. The van der Waals surface area contributed by atoms with Crippen LogP contribution < -0.4 is 22.0 Å². The topological polar surface area (TPSA) is 151 Å². The van der Waals surface area contributed by atoms with Crippen LogP contribution in [0.15, 0.2) is 74.9 Å². The number of hydrogen-bond acceptors (Lipinski definition) is 10. The fourth-order valence-corrected chi connectivity index (χ4v) is 7.00. The van der Waals surface area contributed by atoms with Crippen LogP contribution in [0.5, 0.6) is 0 Å². The van der Waals surface area contributed by atoms with Crippen molar-refractivity contribution in [1.29, 1.82) is 0 Å². The van der Waals surface area contributed by atoms with Gasteiger partial charge in [0.2, 0.25) is 5.95 Å². The maximum atomic E-state index is 13.8. The minimum atomic E-state index is -0.532. The summed E-state index contributed by atoms with van der Waals surface area (Å²) in [6.45, 7) is 3.56. The van der Waals surface area contributed by atoms with Gasteiger partial charge in [0.15, 0.2) is 17.2 Å². The van der Waals surface area contributed by atoms with E-state index in [0.29, 0.717) is 71.7 Å². The van der Waals surface area contributed by atoms with Gasteiger partial charge in [0.05, 0.1) is 40.0 Å². The number of fused-ring (bicyclic) bond motifs is 6. The molecule has 248 valence electrons. The number of hydrogen-bond donors (Lipinski definition) is 2. The lowest BCUT2D eigenvalue weighted by Gasteiger charge is -2.16. The Kier molecular flexibility index (Phi) is 6.73. The molecule has 13 nitrogen and oxygen atoms in total. The Morgan fingerprint density at radius 2 is 1.52 bits per heavy atom. The van der Waals surface area contributed by atoms with Crippen molar-refractivity contribution >= 4 is 84.8 Å². The van der Waals surface area contributed by atoms with E-state index in [-0.39, 0.29) is 17.8 Å². The van der Waals surface area contributed by atoms with Crippen LogP contribution in [0, 0.1) is 13.8 Å². The SMILES string of the molecule is Cc1nc(Nc2nc(=O)n(-c3cccnc3)c3c4cc(Cl)ccc4n(C)c23)nc(C)c1-n1c(=O)nc(NC2CC2)c2oc3ccc(Cl)cc3c21. The van der Waals surface area contributed by atoms with Gasteiger partial charge in [-0.3, -0.25) is 14.1 Å². The number of furan rings is 1. The van der Waals surface area contributed by atoms with E-state index in [1.54, 1.807) is 62.6 Å². The van der Waals surface area contributed by atoms with Crippen molar-refractivity contribution in [3.8, 4) is 11.4 Å².